The molecule has 1 atom stereocenters. The first-order valence-corrected chi connectivity index (χ1v) is 9.69. The Bertz CT molecular complexity index is 1040. The summed E-state index contributed by atoms with van der Waals surface area (Å²) in [6, 6.07) is 13.8. The first kappa shape index (κ1) is 19.5. The molecule has 2 N–H and O–H groups in total. The Balaban J connectivity index is 1.35. The number of rotatable bonds is 5. The SMILES string of the molecule is N#CCc1ccc(NC(=O)COC(=O)c2ccc3c(c2)NC(=O)[C@H]2CCCN32)cc1. The number of fused-ring (bicyclic) bond motifs is 3. The van der Waals surface area contributed by atoms with Crippen LogP contribution in [0, 0.1) is 11.3 Å². The van der Waals surface area contributed by atoms with Crippen molar-refractivity contribution in [3.05, 3.63) is 53.6 Å². The van der Waals surface area contributed by atoms with Gasteiger partial charge in [-0.2, -0.15) is 5.26 Å². The lowest BCUT2D eigenvalue weighted by atomic mass is 10.1. The van der Waals surface area contributed by atoms with E-state index in [9.17, 15) is 14.4 Å². The third-order valence-corrected chi connectivity index (χ3v) is 5.21. The van der Waals surface area contributed by atoms with E-state index in [2.05, 4.69) is 21.6 Å². The predicted octanol–water partition coefficient (Wildman–Crippen LogP) is 2.47. The van der Waals surface area contributed by atoms with E-state index < -0.39 is 18.5 Å². The highest BCUT2D eigenvalue weighted by Crippen LogP contribution is 2.37. The molecule has 1 fully saturated rings. The number of nitrogens with one attached hydrogen (secondary N) is 2. The number of esters is 1. The molecule has 1 saturated heterocycles. The third-order valence-electron chi connectivity index (χ3n) is 5.21. The van der Waals surface area contributed by atoms with Crippen molar-refractivity contribution in [1.29, 1.82) is 5.26 Å². The Morgan fingerprint density at radius 1 is 1.23 bits per heavy atom. The van der Waals surface area contributed by atoms with E-state index in [0.29, 0.717) is 17.8 Å². The molecule has 2 aliphatic rings. The summed E-state index contributed by atoms with van der Waals surface area (Å²) in [5.41, 5.74) is 3.14. The van der Waals surface area contributed by atoms with Crippen molar-refractivity contribution < 1.29 is 19.1 Å². The molecule has 2 aliphatic heterocycles. The summed E-state index contributed by atoms with van der Waals surface area (Å²) in [5.74, 6) is -1.18. The molecule has 0 aromatic heterocycles. The first-order chi connectivity index (χ1) is 14.5. The average Bonchev–Trinajstić information content (AvgIpc) is 3.24. The van der Waals surface area contributed by atoms with Crippen LogP contribution in [0.3, 0.4) is 0 Å². The van der Waals surface area contributed by atoms with Crippen molar-refractivity contribution in [1.82, 2.24) is 0 Å². The molecular weight excluding hydrogens is 384 g/mol. The second-order valence-corrected chi connectivity index (χ2v) is 7.23. The lowest BCUT2D eigenvalue weighted by Gasteiger charge is -2.33. The van der Waals surface area contributed by atoms with Gasteiger partial charge in [0.15, 0.2) is 6.61 Å². The summed E-state index contributed by atoms with van der Waals surface area (Å²) in [4.78, 5) is 38.7. The molecule has 0 saturated carbocycles. The molecule has 4 rings (SSSR count). The lowest BCUT2D eigenvalue weighted by Crippen LogP contribution is -2.43. The van der Waals surface area contributed by atoms with E-state index in [1.165, 1.54) is 0 Å². The van der Waals surface area contributed by atoms with Crippen molar-refractivity contribution >= 4 is 34.8 Å². The van der Waals surface area contributed by atoms with Gasteiger partial charge in [-0.1, -0.05) is 12.1 Å². The number of amides is 2. The average molecular weight is 404 g/mol. The van der Waals surface area contributed by atoms with Crippen LogP contribution >= 0.6 is 0 Å². The molecule has 2 aromatic carbocycles. The molecule has 2 aromatic rings. The largest absolute Gasteiger partial charge is 0.452 e. The number of ether oxygens (including phenoxy) is 1. The molecule has 30 heavy (non-hydrogen) atoms. The highest BCUT2D eigenvalue weighted by atomic mass is 16.5. The fourth-order valence-electron chi connectivity index (χ4n) is 3.77. The van der Waals surface area contributed by atoms with Gasteiger partial charge in [0.25, 0.3) is 5.91 Å². The highest BCUT2D eigenvalue weighted by molar-refractivity contribution is 6.05. The van der Waals surface area contributed by atoms with Crippen LogP contribution in [0.2, 0.25) is 0 Å². The zero-order chi connectivity index (χ0) is 21.1. The maximum Gasteiger partial charge on any atom is 0.338 e. The number of nitrogens with zero attached hydrogens (tertiary/aromatic N) is 2. The van der Waals surface area contributed by atoms with E-state index in [1.807, 2.05) is 0 Å². The summed E-state index contributed by atoms with van der Waals surface area (Å²) in [5, 5.41) is 14.2. The molecule has 0 radical (unpaired) electrons. The zero-order valence-electron chi connectivity index (χ0n) is 16.2. The van der Waals surface area contributed by atoms with Gasteiger partial charge in [0.2, 0.25) is 5.91 Å². The van der Waals surface area contributed by atoms with Crippen LogP contribution in [0.15, 0.2) is 42.5 Å². The van der Waals surface area contributed by atoms with Gasteiger partial charge in [-0.15, -0.1) is 0 Å². The van der Waals surface area contributed by atoms with Crippen LogP contribution in [0.1, 0.15) is 28.8 Å². The van der Waals surface area contributed by atoms with Gasteiger partial charge in [0.05, 0.1) is 29.4 Å². The van der Waals surface area contributed by atoms with Gasteiger partial charge < -0.3 is 20.3 Å². The van der Waals surface area contributed by atoms with Gasteiger partial charge in [0.1, 0.15) is 6.04 Å². The first-order valence-electron chi connectivity index (χ1n) is 9.69. The van der Waals surface area contributed by atoms with Crippen molar-refractivity contribution in [2.45, 2.75) is 25.3 Å². The number of carbonyl (C=O) groups is 3. The van der Waals surface area contributed by atoms with Gasteiger partial charge in [-0.3, -0.25) is 9.59 Å². The van der Waals surface area contributed by atoms with E-state index in [0.717, 1.165) is 30.6 Å². The van der Waals surface area contributed by atoms with E-state index in [-0.39, 0.29) is 17.5 Å². The van der Waals surface area contributed by atoms with Gasteiger partial charge in [-0.25, -0.2) is 4.79 Å². The standard InChI is InChI=1S/C22H20N4O4/c23-10-9-14-3-6-16(7-4-14)24-20(27)13-30-22(29)15-5-8-18-17(12-15)25-21(28)19-2-1-11-26(18)19/h3-8,12,19H,1-2,9,11,13H2,(H,24,27)(H,25,28)/t19-/m1/s1. The van der Waals surface area contributed by atoms with Crippen LogP contribution in [-0.4, -0.2) is 37.0 Å². The quantitative estimate of drug-likeness (QED) is 0.741. The maximum absolute atomic E-state index is 12.4. The number of benzene rings is 2. The Morgan fingerprint density at radius 3 is 2.80 bits per heavy atom. The second kappa shape index (κ2) is 8.25. The summed E-state index contributed by atoms with van der Waals surface area (Å²) < 4.78 is 5.11. The van der Waals surface area contributed by atoms with Crippen molar-refractivity contribution in [3.8, 4) is 6.07 Å². The topological polar surface area (TPSA) is 112 Å². The van der Waals surface area contributed by atoms with Gasteiger partial charge >= 0.3 is 5.97 Å². The lowest BCUT2D eigenvalue weighted by molar-refractivity contribution is -0.119. The monoisotopic (exact) mass is 404 g/mol. The number of anilines is 3. The second-order valence-electron chi connectivity index (χ2n) is 7.23. The van der Waals surface area contributed by atoms with E-state index in [4.69, 9.17) is 10.00 Å². The normalized spacial score (nSPS) is 16.7. The smallest absolute Gasteiger partial charge is 0.338 e. The highest BCUT2D eigenvalue weighted by Gasteiger charge is 2.36. The van der Waals surface area contributed by atoms with E-state index in [1.54, 1.807) is 42.5 Å². The summed E-state index contributed by atoms with van der Waals surface area (Å²) >= 11 is 0. The summed E-state index contributed by atoms with van der Waals surface area (Å²) in [7, 11) is 0. The molecule has 8 nitrogen and oxygen atoms in total. The van der Waals surface area contributed by atoms with Gasteiger partial charge in [-0.05, 0) is 48.7 Å². The minimum Gasteiger partial charge on any atom is -0.452 e. The Hall–Kier alpha value is -3.86. The summed E-state index contributed by atoms with van der Waals surface area (Å²) in [6.07, 6.45) is 2.08. The molecule has 0 unspecified atom stereocenters. The van der Waals surface area contributed by atoms with E-state index >= 15 is 0 Å². The third kappa shape index (κ3) is 3.96. The molecule has 0 spiro atoms. The zero-order valence-corrected chi connectivity index (χ0v) is 16.2. The fourth-order valence-corrected chi connectivity index (χ4v) is 3.77. The Morgan fingerprint density at radius 2 is 2.03 bits per heavy atom. The van der Waals surface area contributed by atoms with Crippen molar-refractivity contribution in [3.63, 3.8) is 0 Å². The fraction of sp³-hybridized carbons (Fsp3) is 0.273. The molecule has 2 heterocycles. The number of carbonyl (C=O) groups excluding carboxylic acids is 3. The van der Waals surface area contributed by atoms with Crippen molar-refractivity contribution in [2.75, 3.05) is 28.7 Å². The number of nitriles is 1. The van der Waals surface area contributed by atoms with Crippen molar-refractivity contribution in [2.24, 2.45) is 0 Å². The molecular formula is C22H20N4O4. The maximum atomic E-state index is 12.4. The van der Waals surface area contributed by atoms with Crippen LogP contribution in [-0.2, 0) is 20.7 Å². The minimum absolute atomic E-state index is 0.0642. The van der Waals surface area contributed by atoms with Crippen LogP contribution in [0.4, 0.5) is 17.1 Å². The molecule has 152 valence electrons. The number of hydrogen-bond donors (Lipinski definition) is 2. The summed E-state index contributed by atoms with van der Waals surface area (Å²) in [6.45, 7) is 0.378. The molecule has 2 amide bonds. The molecule has 0 aliphatic carbocycles. The predicted molar refractivity (Wildman–Crippen MR) is 110 cm³/mol. The Labute approximate surface area is 173 Å². The van der Waals surface area contributed by atoms with Crippen LogP contribution in [0.5, 0.6) is 0 Å². The molecule has 8 heteroatoms. The minimum atomic E-state index is -0.643. The van der Waals surface area contributed by atoms with Crippen LogP contribution in [0.25, 0.3) is 0 Å². The van der Waals surface area contributed by atoms with Gasteiger partial charge in [0, 0.05) is 12.2 Å². The number of hydrogen-bond acceptors (Lipinski definition) is 6. The molecule has 0 bridgehead atoms. The van der Waals surface area contributed by atoms with Crippen LogP contribution < -0.4 is 15.5 Å². The Kier molecular flexibility index (Phi) is 5.35.